The zero-order valence-corrected chi connectivity index (χ0v) is 13.9. The van der Waals surface area contributed by atoms with Crippen molar-refractivity contribution in [3.05, 3.63) is 0 Å². The number of aliphatic hydroxyl groups is 1. The number of carbonyl (C=O) groups excluding carboxylic acids is 1. The van der Waals surface area contributed by atoms with Crippen LogP contribution in [0.15, 0.2) is 0 Å². The first-order valence-electron chi connectivity index (χ1n) is 9.24. The van der Waals surface area contributed by atoms with E-state index in [0.717, 1.165) is 38.5 Å². The lowest BCUT2D eigenvalue weighted by atomic mass is 9.44. The molecule has 4 rings (SSSR count). The van der Waals surface area contributed by atoms with Crippen LogP contribution in [0.4, 0.5) is 4.39 Å². The van der Waals surface area contributed by atoms with Crippen LogP contribution < -0.4 is 0 Å². The second kappa shape index (κ2) is 4.78. The third kappa shape index (κ3) is 1.72. The minimum absolute atomic E-state index is 0.0232. The van der Waals surface area contributed by atoms with Crippen molar-refractivity contribution in [3.8, 4) is 0 Å². The number of hydrogen-bond donors (Lipinski definition) is 1. The monoisotopic (exact) mass is 308 g/mol. The average molecular weight is 308 g/mol. The van der Waals surface area contributed by atoms with Crippen LogP contribution in [0.1, 0.15) is 65.2 Å². The molecule has 0 saturated heterocycles. The number of rotatable bonds is 0. The molecular formula is C19H29FO2. The first kappa shape index (κ1) is 15.1. The summed E-state index contributed by atoms with van der Waals surface area (Å²) in [6.07, 6.45) is 6.04. The number of Topliss-reactive ketones (excluding diaryl/α,β-unsaturated/α-hetero) is 1. The molecular weight excluding hydrogens is 279 g/mol. The number of alkyl halides is 1. The number of hydrogen-bond acceptors (Lipinski definition) is 2. The van der Waals surface area contributed by atoms with Crippen LogP contribution in [0, 0.1) is 34.5 Å². The Bertz CT molecular complexity index is 492. The molecule has 0 radical (unpaired) electrons. The molecule has 1 N–H and O–H groups in total. The maximum absolute atomic E-state index is 14.5. The van der Waals surface area contributed by atoms with Gasteiger partial charge in [0.15, 0.2) is 0 Å². The van der Waals surface area contributed by atoms with E-state index < -0.39 is 11.6 Å². The van der Waals surface area contributed by atoms with Crippen LogP contribution in [-0.4, -0.2) is 23.2 Å². The van der Waals surface area contributed by atoms with Gasteiger partial charge in [0.25, 0.3) is 0 Å². The van der Waals surface area contributed by atoms with Crippen molar-refractivity contribution in [2.75, 3.05) is 0 Å². The number of ketones is 1. The molecule has 124 valence electrons. The summed E-state index contributed by atoms with van der Waals surface area (Å²) in [7, 11) is 0. The van der Waals surface area contributed by atoms with E-state index in [1.165, 1.54) is 0 Å². The molecule has 3 unspecified atom stereocenters. The smallest absolute Gasteiger partial charge is 0.137 e. The highest BCUT2D eigenvalue weighted by Crippen LogP contribution is 2.65. The Morgan fingerprint density at radius 2 is 1.86 bits per heavy atom. The summed E-state index contributed by atoms with van der Waals surface area (Å²) in [5, 5.41) is 10.8. The van der Waals surface area contributed by atoms with Gasteiger partial charge in [0, 0.05) is 23.2 Å². The third-order valence-corrected chi connectivity index (χ3v) is 8.29. The molecule has 4 aliphatic rings. The molecule has 0 heterocycles. The van der Waals surface area contributed by atoms with Crippen molar-refractivity contribution >= 4 is 5.78 Å². The van der Waals surface area contributed by atoms with E-state index in [9.17, 15) is 14.3 Å². The van der Waals surface area contributed by atoms with Crippen molar-refractivity contribution in [3.63, 3.8) is 0 Å². The normalized spacial score (nSPS) is 57.9. The van der Waals surface area contributed by atoms with Gasteiger partial charge in [0.05, 0.1) is 6.10 Å². The van der Waals surface area contributed by atoms with Gasteiger partial charge in [0.2, 0.25) is 0 Å². The summed E-state index contributed by atoms with van der Waals surface area (Å²) < 4.78 is 14.5. The lowest BCUT2D eigenvalue weighted by Gasteiger charge is -2.60. The summed E-state index contributed by atoms with van der Waals surface area (Å²) in [6.45, 7) is 4.18. The largest absolute Gasteiger partial charge is 0.393 e. The topological polar surface area (TPSA) is 37.3 Å². The minimum Gasteiger partial charge on any atom is -0.393 e. The maximum atomic E-state index is 14.5. The highest BCUT2D eigenvalue weighted by atomic mass is 19.1. The zero-order valence-electron chi connectivity index (χ0n) is 13.9. The molecule has 0 aromatic rings. The van der Waals surface area contributed by atoms with Crippen molar-refractivity contribution < 1.29 is 14.3 Å². The van der Waals surface area contributed by atoms with E-state index in [4.69, 9.17) is 0 Å². The molecule has 0 amide bonds. The molecule has 2 nitrogen and oxygen atoms in total. The molecule has 3 heteroatoms. The molecule has 0 bridgehead atoms. The van der Waals surface area contributed by atoms with Gasteiger partial charge in [-0.2, -0.15) is 0 Å². The fourth-order valence-electron chi connectivity index (χ4n) is 7.06. The second-order valence-corrected chi connectivity index (χ2v) is 9.03. The molecule has 22 heavy (non-hydrogen) atoms. The summed E-state index contributed by atoms with van der Waals surface area (Å²) in [6, 6.07) is 0. The Balaban J connectivity index is 1.74. The predicted molar refractivity (Wildman–Crippen MR) is 83.0 cm³/mol. The first-order chi connectivity index (χ1) is 10.4. The molecule has 4 aliphatic carbocycles. The fourth-order valence-corrected chi connectivity index (χ4v) is 7.06. The van der Waals surface area contributed by atoms with E-state index in [2.05, 4.69) is 6.92 Å². The molecule has 8 atom stereocenters. The highest BCUT2D eigenvalue weighted by molar-refractivity contribution is 5.84. The Hall–Kier alpha value is -0.440. The van der Waals surface area contributed by atoms with E-state index >= 15 is 0 Å². The standard InChI is InChI=1S/C19H29FO2/c1-18-10-14(21)17-12(13(18)8-9-15(18)20)7-6-11-4-3-5-16(22)19(11,17)2/h11-13,15-17,22H,3-10H2,1-2H3/t11?,12-,13-,15?,16?,17-,18-,19+/m0/s1. The van der Waals surface area contributed by atoms with Crippen molar-refractivity contribution in [1.29, 1.82) is 0 Å². The number of aliphatic hydroxyl groups excluding tert-OH is 1. The predicted octanol–water partition coefficient (Wildman–Crippen LogP) is 3.91. The molecule has 4 saturated carbocycles. The summed E-state index contributed by atoms with van der Waals surface area (Å²) in [4.78, 5) is 13.0. The highest BCUT2D eigenvalue weighted by Gasteiger charge is 2.64. The lowest BCUT2D eigenvalue weighted by molar-refractivity contribution is -0.177. The Morgan fingerprint density at radius 1 is 1.09 bits per heavy atom. The van der Waals surface area contributed by atoms with E-state index in [-0.39, 0.29) is 23.2 Å². The minimum atomic E-state index is -0.816. The van der Waals surface area contributed by atoms with Gasteiger partial charge in [-0.3, -0.25) is 4.79 Å². The Kier molecular flexibility index (Phi) is 3.28. The fraction of sp³-hybridized carbons (Fsp3) is 0.947. The van der Waals surface area contributed by atoms with Crippen LogP contribution in [0.2, 0.25) is 0 Å². The summed E-state index contributed by atoms with van der Waals surface area (Å²) in [5.41, 5.74) is -0.685. The van der Waals surface area contributed by atoms with Gasteiger partial charge in [-0.15, -0.1) is 0 Å². The zero-order chi connectivity index (χ0) is 15.7. The van der Waals surface area contributed by atoms with Crippen LogP contribution >= 0.6 is 0 Å². The van der Waals surface area contributed by atoms with Gasteiger partial charge in [0.1, 0.15) is 12.0 Å². The average Bonchev–Trinajstić information content (AvgIpc) is 2.75. The van der Waals surface area contributed by atoms with Crippen LogP contribution in [0.5, 0.6) is 0 Å². The van der Waals surface area contributed by atoms with Gasteiger partial charge >= 0.3 is 0 Å². The Morgan fingerprint density at radius 3 is 2.64 bits per heavy atom. The maximum Gasteiger partial charge on any atom is 0.137 e. The van der Waals surface area contributed by atoms with E-state index in [0.29, 0.717) is 30.6 Å². The third-order valence-electron chi connectivity index (χ3n) is 8.29. The summed E-state index contributed by atoms with van der Waals surface area (Å²) >= 11 is 0. The molecule has 0 spiro atoms. The van der Waals surface area contributed by atoms with Gasteiger partial charge < -0.3 is 5.11 Å². The van der Waals surface area contributed by atoms with Gasteiger partial charge in [-0.05, 0) is 56.3 Å². The first-order valence-corrected chi connectivity index (χ1v) is 9.24. The SMILES string of the molecule is C[C@]12C(O)CCCC1CC[C@@H]1[C@H]2C(=O)C[C@]2(C)C(F)CC[C@@H]12. The van der Waals surface area contributed by atoms with Crippen LogP contribution in [-0.2, 0) is 4.79 Å². The number of fused-ring (bicyclic) bond motifs is 5. The summed E-state index contributed by atoms with van der Waals surface area (Å²) in [5.74, 6) is 1.36. The molecule has 4 fully saturated rings. The van der Waals surface area contributed by atoms with E-state index in [1.807, 2.05) is 6.92 Å². The van der Waals surface area contributed by atoms with Crippen molar-refractivity contribution in [2.24, 2.45) is 34.5 Å². The van der Waals surface area contributed by atoms with Crippen LogP contribution in [0.25, 0.3) is 0 Å². The van der Waals surface area contributed by atoms with Crippen LogP contribution in [0.3, 0.4) is 0 Å². The van der Waals surface area contributed by atoms with Crippen molar-refractivity contribution in [1.82, 2.24) is 0 Å². The van der Waals surface area contributed by atoms with Gasteiger partial charge in [-0.25, -0.2) is 4.39 Å². The number of carbonyl (C=O) groups is 1. The lowest BCUT2D eigenvalue weighted by Crippen LogP contribution is -2.60. The molecule has 0 aliphatic heterocycles. The van der Waals surface area contributed by atoms with E-state index in [1.54, 1.807) is 0 Å². The van der Waals surface area contributed by atoms with Crippen molar-refractivity contribution in [2.45, 2.75) is 77.5 Å². The molecule has 0 aromatic carbocycles. The second-order valence-electron chi connectivity index (χ2n) is 9.03. The number of halogens is 1. The Labute approximate surface area is 132 Å². The van der Waals surface area contributed by atoms with Gasteiger partial charge in [-0.1, -0.05) is 20.3 Å². The molecule has 0 aromatic heterocycles. The quantitative estimate of drug-likeness (QED) is 0.737.